The normalized spacial score (nSPS) is 24.3. The van der Waals surface area contributed by atoms with Crippen LogP contribution in [0.1, 0.15) is 19.8 Å². The Hall–Kier alpha value is -1.39. The molecule has 18 heavy (non-hydrogen) atoms. The van der Waals surface area contributed by atoms with E-state index in [4.69, 9.17) is 10.5 Å². The number of hydrogen-bond acceptors (Lipinski definition) is 3. The van der Waals surface area contributed by atoms with E-state index in [1.165, 1.54) is 0 Å². The van der Waals surface area contributed by atoms with E-state index in [0.29, 0.717) is 13.1 Å². The molecule has 1 fully saturated rings. The topological polar surface area (TPSA) is 55.6 Å². The van der Waals surface area contributed by atoms with Crippen LogP contribution in [0.4, 0.5) is 5.69 Å². The van der Waals surface area contributed by atoms with Crippen molar-refractivity contribution in [1.82, 2.24) is 0 Å². The second-order valence-electron chi connectivity index (χ2n) is 4.95. The highest BCUT2D eigenvalue weighted by Crippen LogP contribution is 2.27. The van der Waals surface area contributed by atoms with Crippen molar-refractivity contribution >= 4 is 11.6 Å². The SMILES string of the molecule is CC1(CCCN)CN(c2ccccc2)C(=O)CO1. The van der Waals surface area contributed by atoms with Gasteiger partial charge in [0.25, 0.3) is 5.91 Å². The predicted octanol–water partition coefficient (Wildman–Crippen LogP) is 1.55. The molecule has 1 aliphatic rings. The molecule has 1 aromatic rings. The molecule has 1 saturated heterocycles. The molecule has 1 aromatic carbocycles. The lowest BCUT2D eigenvalue weighted by Crippen LogP contribution is -2.53. The van der Waals surface area contributed by atoms with E-state index < -0.39 is 0 Å². The highest BCUT2D eigenvalue weighted by molar-refractivity contribution is 5.95. The number of hydrogen-bond donors (Lipinski definition) is 1. The molecule has 1 atom stereocenters. The lowest BCUT2D eigenvalue weighted by Gasteiger charge is -2.40. The third-order valence-corrected chi connectivity index (χ3v) is 3.32. The molecule has 98 valence electrons. The van der Waals surface area contributed by atoms with Crippen molar-refractivity contribution in [3.8, 4) is 0 Å². The Morgan fingerprint density at radius 3 is 2.78 bits per heavy atom. The first-order chi connectivity index (χ1) is 8.64. The molecule has 0 bridgehead atoms. The highest BCUT2D eigenvalue weighted by Gasteiger charge is 2.35. The standard InChI is InChI=1S/C14H20N2O2/c1-14(8-5-9-15)11-16(13(17)10-18-14)12-6-3-2-4-7-12/h2-4,6-7H,5,8-11,15H2,1H3. The summed E-state index contributed by atoms with van der Waals surface area (Å²) in [5.74, 6) is 0.0198. The third-order valence-electron chi connectivity index (χ3n) is 3.32. The van der Waals surface area contributed by atoms with E-state index >= 15 is 0 Å². The van der Waals surface area contributed by atoms with E-state index in [2.05, 4.69) is 0 Å². The monoisotopic (exact) mass is 248 g/mol. The first kappa shape index (κ1) is 13.1. The van der Waals surface area contributed by atoms with Gasteiger partial charge in [-0.15, -0.1) is 0 Å². The minimum atomic E-state index is -0.289. The van der Waals surface area contributed by atoms with E-state index in [1.807, 2.05) is 37.3 Å². The largest absolute Gasteiger partial charge is 0.364 e. The molecule has 0 spiro atoms. The van der Waals surface area contributed by atoms with E-state index in [-0.39, 0.29) is 18.1 Å². The number of rotatable bonds is 4. The lowest BCUT2D eigenvalue weighted by atomic mass is 9.97. The number of benzene rings is 1. The van der Waals surface area contributed by atoms with Gasteiger partial charge in [0.05, 0.1) is 12.1 Å². The van der Waals surface area contributed by atoms with Crippen LogP contribution in [0.3, 0.4) is 0 Å². The number of carbonyl (C=O) groups excluding carboxylic acids is 1. The van der Waals surface area contributed by atoms with Crippen LogP contribution in [0.15, 0.2) is 30.3 Å². The van der Waals surface area contributed by atoms with Crippen LogP contribution in [-0.4, -0.2) is 31.2 Å². The lowest BCUT2D eigenvalue weighted by molar-refractivity contribution is -0.137. The van der Waals surface area contributed by atoms with Crippen molar-refractivity contribution in [2.75, 3.05) is 24.6 Å². The first-order valence-electron chi connectivity index (χ1n) is 6.34. The number of para-hydroxylation sites is 1. The van der Waals surface area contributed by atoms with Crippen LogP contribution in [0.25, 0.3) is 0 Å². The summed E-state index contributed by atoms with van der Waals surface area (Å²) in [5, 5.41) is 0. The van der Waals surface area contributed by atoms with Gasteiger partial charge < -0.3 is 15.4 Å². The third kappa shape index (κ3) is 2.89. The fourth-order valence-corrected chi connectivity index (χ4v) is 2.25. The van der Waals surface area contributed by atoms with Gasteiger partial charge in [0.15, 0.2) is 0 Å². The van der Waals surface area contributed by atoms with Crippen molar-refractivity contribution in [2.45, 2.75) is 25.4 Å². The fourth-order valence-electron chi connectivity index (χ4n) is 2.25. The molecule has 4 nitrogen and oxygen atoms in total. The maximum atomic E-state index is 11.9. The summed E-state index contributed by atoms with van der Waals surface area (Å²) in [6.45, 7) is 3.44. The molecule has 1 unspecified atom stereocenters. The highest BCUT2D eigenvalue weighted by atomic mass is 16.5. The molecule has 1 heterocycles. The minimum absolute atomic E-state index is 0.0198. The number of anilines is 1. The molecular weight excluding hydrogens is 228 g/mol. The molecule has 2 rings (SSSR count). The zero-order valence-electron chi connectivity index (χ0n) is 10.8. The molecule has 0 aliphatic carbocycles. The van der Waals surface area contributed by atoms with E-state index in [0.717, 1.165) is 18.5 Å². The minimum Gasteiger partial charge on any atom is -0.364 e. The van der Waals surface area contributed by atoms with Crippen LogP contribution in [0.2, 0.25) is 0 Å². The Labute approximate surface area is 108 Å². The average Bonchev–Trinajstić information content (AvgIpc) is 2.41. The molecular formula is C14H20N2O2. The van der Waals surface area contributed by atoms with Gasteiger partial charge in [-0.3, -0.25) is 4.79 Å². The van der Waals surface area contributed by atoms with Crippen LogP contribution in [0, 0.1) is 0 Å². The van der Waals surface area contributed by atoms with E-state index in [9.17, 15) is 4.79 Å². The summed E-state index contributed by atoms with van der Waals surface area (Å²) in [6, 6.07) is 9.73. The summed E-state index contributed by atoms with van der Waals surface area (Å²) in [5.41, 5.74) is 6.19. The molecule has 1 amide bonds. The van der Waals surface area contributed by atoms with Crippen molar-refractivity contribution in [3.05, 3.63) is 30.3 Å². The van der Waals surface area contributed by atoms with Gasteiger partial charge in [-0.1, -0.05) is 18.2 Å². The predicted molar refractivity (Wildman–Crippen MR) is 71.4 cm³/mol. The maximum Gasteiger partial charge on any atom is 0.253 e. The van der Waals surface area contributed by atoms with Gasteiger partial charge in [-0.25, -0.2) is 0 Å². The fraction of sp³-hybridized carbons (Fsp3) is 0.500. The zero-order chi connectivity index (χ0) is 13.0. The van der Waals surface area contributed by atoms with Crippen molar-refractivity contribution < 1.29 is 9.53 Å². The van der Waals surface area contributed by atoms with Crippen molar-refractivity contribution in [1.29, 1.82) is 0 Å². The molecule has 0 saturated carbocycles. The first-order valence-corrected chi connectivity index (χ1v) is 6.34. The number of nitrogens with two attached hydrogens (primary N) is 1. The van der Waals surface area contributed by atoms with Gasteiger partial charge in [0.2, 0.25) is 0 Å². The Balaban J connectivity index is 2.12. The summed E-state index contributed by atoms with van der Waals surface area (Å²) in [7, 11) is 0. The van der Waals surface area contributed by atoms with Crippen LogP contribution >= 0.6 is 0 Å². The van der Waals surface area contributed by atoms with Gasteiger partial charge in [-0.2, -0.15) is 0 Å². The summed E-state index contributed by atoms with van der Waals surface area (Å²) in [6.07, 6.45) is 1.79. The van der Waals surface area contributed by atoms with Crippen molar-refractivity contribution in [3.63, 3.8) is 0 Å². The molecule has 0 radical (unpaired) electrons. The van der Waals surface area contributed by atoms with Crippen LogP contribution in [0.5, 0.6) is 0 Å². The van der Waals surface area contributed by atoms with Crippen LogP contribution < -0.4 is 10.6 Å². The maximum absolute atomic E-state index is 11.9. The molecule has 4 heteroatoms. The molecule has 2 N–H and O–H groups in total. The number of ether oxygens (including phenoxy) is 1. The molecule has 0 aromatic heterocycles. The quantitative estimate of drug-likeness (QED) is 0.879. The second kappa shape index (κ2) is 5.50. The average molecular weight is 248 g/mol. The number of amides is 1. The Kier molecular flexibility index (Phi) is 3.99. The summed E-state index contributed by atoms with van der Waals surface area (Å²) < 4.78 is 5.68. The van der Waals surface area contributed by atoms with Gasteiger partial charge in [0.1, 0.15) is 6.61 Å². The number of nitrogens with zero attached hydrogens (tertiary/aromatic N) is 1. The molecule has 1 aliphatic heterocycles. The second-order valence-corrected chi connectivity index (χ2v) is 4.95. The smallest absolute Gasteiger partial charge is 0.253 e. The Bertz CT molecular complexity index is 408. The number of morpholine rings is 1. The van der Waals surface area contributed by atoms with Gasteiger partial charge >= 0.3 is 0 Å². The summed E-state index contributed by atoms with van der Waals surface area (Å²) in [4.78, 5) is 13.7. The summed E-state index contributed by atoms with van der Waals surface area (Å²) >= 11 is 0. The van der Waals surface area contributed by atoms with Gasteiger partial charge in [-0.05, 0) is 38.4 Å². The van der Waals surface area contributed by atoms with Gasteiger partial charge in [0, 0.05) is 5.69 Å². The van der Waals surface area contributed by atoms with E-state index in [1.54, 1.807) is 4.90 Å². The Morgan fingerprint density at radius 2 is 2.11 bits per heavy atom. The van der Waals surface area contributed by atoms with Crippen LogP contribution in [-0.2, 0) is 9.53 Å². The Morgan fingerprint density at radius 1 is 1.39 bits per heavy atom. The number of carbonyl (C=O) groups is 1. The van der Waals surface area contributed by atoms with Crippen molar-refractivity contribution in [2.24, 2.45) is 5.73 Å². The zero-order valence-corrected chi connectivity index (χ0v) is 10.8.